The lowest BCUT2D eigenvalue weighted by atomic mass is 10.0. The maximum Gasteiger partial charge on any atom is 0.248 e. The summed E-state index contributed by atoms with van der Waals surface area (Å²) in [5.41, 5.74) is 11.8. The van der Waals surface area contributed by atoms with Gasteiger partial charge in [0.25, 0.3) is 0 Å². The number of primary amides is 2. The minimum Gasteiger partial charge on any atom is -0.382 e. The second-order valence-corrected chi connectivity index (χ2v) is 5.25. The van der Waals surface area contributed by atoms with Gasteiger partial charge < -0.3 is 21.7 Å². The number of nitrogens with zero attached hydrogens (tertiary/aromatic N) is 1. The van der Waals surface area contributed by atoms with Gasteiger partial charge in [0.15, 0.2) is 0 Å². The van der Waals surface area contributed by atoms with Crippen LogP contribution in [0.25, 0.3) is 0 Å². The minimum atomic E-state index is -0.570. The van der Waals surface area contributed by atoms with Crippen molar-refractivity contribution in [3.63, 3.8) is 0 Å². The Kier molecular flexibility index (Phi) is 4.24. The number of piperidine rings is 1. The van der Waals surface area contributed by atoms with E-state index in [-0.39, 0.29) is 11.1 Å². The third-order valence-corrected chi connectivity index (χ3v) is 3.59. The van der Waals surface area contributed by atoms with Crippen molar-refractivity contribution in [1.82, 2.24) is 4.90 Å². The van der Waals surface area contributed by atoms with E-state index in [0.717, 1.165) is 25.9 Å². The maximum absolute atomic E-state index is 11.3. The molecule has 0 bridgehead atoms. The van der Waals surface area contributed by atoms with Crippen LogP contribution in [0.1, 0.15) is 33.6 Å². The van der Waals surface area contributed by atoms with Crippen LogP contribution in [0.15, 0.2) is 18.2 Å². The number of rotatable bonds is 4. The fourth-order valence-electron chi connectivity index (χ4n) is 2.38. The molecule has 1 saturated heterocycles. The summed E-state index contributed by atoms with van der Waals surface area (Å²) in [6.07, 6.45) is 2.03. The quantitative estimate of drug-likeness (QED) is 0.740. The SMILES string of the molecule is CN1CCC(Nc2cc(C(N)=O)cc(C(N)=O)c2)CC1. The van der Waals surface area contributed by atoms with Gasteiger partial charge in [-0.3, -0.25) is 9.59 Å². The third-order valence-electron chi connectivity index (χ3n) is 3.59. The summed E-state index contributed by atoms with van der Waals surface area (Å²) in [6.45, 7) is 2.05. The fraction of sp³-hybridized carbons (Fsp3) is 0.429. The zero-order valence-electron chi connectivity index (χ0n) is 11.6. The first-order valence-corrected chi connectivity index (χ1v) is 6.65. The Morgan fingerprint density at radius 1 is 1.10 bits per heavy atom. The Bertz CT molecular complexity index is 490. The molecule has 1 aliphatic rings. The highest BCUT2D eigenvalue weighted by molar-refractivity contribution is 5.99. The van der Waals surface area contributed by atoms with E-state index >= 15 is 0 Å². The number of anilines is 1. The number of amides is 2. The molecule has 0 aromatic heterocycles. The largest absolute Gasteiger partial charge is 0.382 e. The normalized spacial score (nSPS) is 16.9. The molecule has 1 aromatic rings. The molecule has 0 radical (unpaired) electrons. The lowest BCUT2D eigenvalue weighted by Crippen LogP contribution is -2.36. The number of nitrogens with two attached hydrogens (primary N) is 2. The molecule has 0 aliphatic carbocycles. The molecule has 108 valence electrons. The van der Waals surface area contributed by atoms with Crippen molar-refractivity contribution in [2.75, 3.05) is 25.5 Å². The van der Waals surface area contributed by atoms with E-state index in [9.17, 15) is 9.59 Å². The van der Waals surface area contributed by atoms with Crippen molar-refractivity contribution in [3.8, 4) is 0 Å². The van der Waals surface area contributed by atoms with Crippen LogP contribution >= 0.6 is 0 Å². The topological polar surface area (TPSA) is 101 Å². The summed E-state index contributed by atoms with van der Waals surface area (Å²) < 4.78 is 0. The molecule has 0 saturated carbocycles. The first-order chi connectivity index (χ1) is 9.45. The van der Waals surface area contributed by atoms with E-state index in [0.29, 0.717) is 11.7 Å². The molecule has 5 N–H and O–H groups in total. The van der Waals surface area contributed by atoms with Crippen LogP contribution in [0.5, 0.6) is 0 Å². The molecular formula is C14H20N4O2. The Morgan fingerprint density at radius 3 is 2.05 bits per heavy atom. The van der Waals surface area contributed by atoms with Crippen LogP contribution in [0, 0.1) is 0 Å². The zero-order chi connectivity index (χ0) is 14.7. The highest BCUT2D eigenvalue weighted by atomic mass is 16.1. The molecule has 0 unspecified atom stereocenters. The van der Waals surface area contributed by atoms with E-state index in [4.69, 9.17) is 11.5 Å². The molecule has 0 atom stereocenters. The van der Waals surface area contributed by atoms with E-state index in [1.807, 2.05) is 0 Å². The van der Waals surface area contributed by atoms with Crippen molar-refractivity contribution in [1.29, 1.82) is 0 Å². The predicted molar refractivity (Wildman–Crippen MR) is 77.6 cm³/mol. The molecule has 1 aromatic carbocycles. The second kappa shape index (κ2) is 5.92. The fourth-order valence-corrected chi connectivity index (χ4v) is 2.38. The summed E-state index contributed by atoms with van der Waals surface area (Å²) in [6, 6.07) is 5.07. The molecule has 2 amide bonds. The molecule has 1 fully saturated rings. The van der Waals surface area contributed by atoms with Gasteiger partial charge in [-0.1, -0.05) is 0 Å². The number of carbonyl (C=O) groups is 2. The minimum absolute atomic E-state index is 0.289. The Labute approximate surface area is 118 Å². The molecule has 6 nitrogen and oxygen atoms in total. The van der Waals surface area contributed by atoms with E-state index in [1.165, 1.54) is 6.07 Å². The van der Waals surface area contributed by atoms with E-state index in [2.05, 4.69) is 17.3 Å². The lowest BCUT2D eigenvalue weighted by Gasteiger charge is -2.30. The number of likely N-dealkylation sites (tertiary alicyclic amines) is 1. The molecule has 6 heteroatoms. The van der Waals surface area contributed by atoms with Gasteiger partial charge in [0.1, 0.15) is 0 Å². The monoisotopic (exact) mass is 276 g/mol. The third kappa shape index (κ3) is 3.48. The first-order valence-electron chi connectivity index (χ1n) is 6.65. The van der Waals surface area contributed by atoms with Crippen LogP contribution in [-0.4, -0.2) is 42.9 Å². The average Bonchev–Trinajstić information content (AvgIpc) is 2.41. The molecule has 2 rings (SSSR count). The van der Waals surface area contributed by atoms with Gasteiger partial charge in [-0.25, -0.2) is 0 Å². The van der Waals surface area contributed by atoms with Crippen molar-refractivity contribution in [3.05, 3.63) is 29.3 Å². The highest BCUT2D eigenvalue weighted by Crippen LogP contribution is 2.19. The standard InChI is InChI=1S/C14H20N4O2/c1-18-4-2-11(3-5-18)17-12-7-9(13(15)19)6-10(8-12)14(16)20/h6-8,11,17H,2-5H2,1H3,(H2,15,19)(H2,16,20). The van der Waals surface area contributed by atoms with Crippen LogP contribution in [-0.2, 0) is 0 Å². The smallest absolute Gasteiger partial charge is 0.248 e. The van der Waals surface area contributed by atoms with Crippen LogP contribution < -0.4 is 16.8 Å². The van der Waals surface area contributed by atoms with Gasteiger partial charge in [0.2, 0.25) is 11.8 Å². The summed E-state index contributed by atoms with van der Waals surface area (Å²) in [5.74, 6) is -1.14. The number of carbonyl (C=O) groups excluding carboxylic acids is 2. The molecular weight excluding hydrogens is 256 g/mol. The Balaban J connectivity index is 2.18. The van der Waals surface area contributed by atoms with Gasteiger partial charge in [-0.05, 0) is 51.2 Å². The summed E-state index contributed by atoms with van der Waals surface area (Å²) in [5, 5.41) is 3.35. The molecule has 20 heavy (non-hydrogen) atoms. The lowest BCUT2D eigenvalue weighted by molar-refractivity contribution is 0.0999. The Hall–Kier alpha value is -2.08. The van der Waals surface area contributed by atoms with Crippen molar-refractivity contribution >= 4 is 17.5 Å². The van der Waals surface area contributed by atoms with Crippen LogP contribution in [0.2, 0.25) is 0 Å². The second-order valence-electron chi connectivity index (χ2n) is 5.25. The van der Waals surface area contributed by atoms with Gasteiger partial charge in [0.05, 0.1) is 0 Å². The van der Waals surface area contributed by atoms with Crippen LogP contribution in [0.4, 0.5) is 5.69 Å². The average molecular weight is 276 g/mol. The Morgan fingerprint density at radius 2 is 1.60 bits per heavy atom. The summed E-state index contributed by atoms with van der Waals surface area (Å²) in [4.78, 5) is 24.9. The molecule has 1 heterocycles. The van der Waals surface area contributed by atoms with E-state index in [1.54, 1.807) is 12.1 Å². The van der Waals surface area contributed by atoms with Crippen molar-refractivity contribution < 1.29 is 9.59 Å². The van der Waals surface area contributed by atoms with Gasteiger partial charge in [0, 0.05) is 22.9 Å². The summed E-state index contributed by atoms with van der Waals surface area (Å²) >= 11 is 0. The van der Waals surface area contributed by atoms with Crippen molar-refractivity contribution in [2.45, 2.75) is 18.9 Å². The van der Waals surface area contributed by atoms with Crippen molar-refractivity contribution in [2.24, 2.45) is 11.5 Å². The first kappa shape index (κ1) is 14.3. The van der Waals surface area contributed by atoms with Gasteiger partial charge >= 0.3 is 0 Å². The summed E-state index contributed by atoms with van der Waals surface area (Å²) in [7, 11) is 2.09. The maximum atomic E-state index is 11.3. The number of nitrogens with one attached hydrogen (secondary N) is 1. The molecule has 1 aliphatic heterocycles. The number of benzene rings is 1. The van der Waals surface area contributed by atoms with E-state index < -0.39 is 11.8 Å². The van der Waals surface area contributed by atoms with Crippen LogP contribution in [0.3, 0.4) is 0 Å². The molecule has 0 spiro atoms. The van der Waals surface area contributed by atoms with Gasteiger partial charge in [-0.15, -0.1) is 0 Å². The predicted octanol–water partition coefficient (Wildman–Crippen LogP) is 0.391. The highest BCUT2D eigenvalue weighted by Gasteiger charge is 2.17. The number of hydrogen-bond donors (Lipinski definition) is 3. The zero-order valence-corrected chi connectivity index (χ0v) is 11.6. The number of hydrogen-bond acceptors (Lipinski definition) is 4. The van der Waals surface area contributed by atoms with Gasteiger partial charge in [-0.2, -0.15) is 0 Å².